The van der Waals surface area contributed by atoms with Crippen LogP contribution in [0.5, 0.6) is 0 Å². The number of benzene rings is 2. The zero-order valence-corrected chi connectivity index (χ0v) is 16.7. The summed E-state index contributed by atoms with van der Waals surface area (Å²) in [6.45, 7) is 1.94. The lowest BCUT2D eigenvalue weighted by Gasteiger charge is -2.33. The number of nitrogens with one attached hydrogen (secondary N) is 1. The predicted molar refractivity (Wildman–Crippen MR) is 113 cm³/mol. The maximum atomic E-state index is 13.6. The monoisotopic (exact) mass is 410 g/mol. The van der Waals surface area contributed by atoms with Crippen molar-refractivity contribution in [2.24, 2.45) is 0 Å². The molecule has 0 radical (unpaired) electrons. The first-order valence-corrected chi connectivity index (χ1v) is 10.5. The van der Waals surface area contributed by atoms with E-state index < -0.39 is 5.25 Å². The van der Waals surface area contributed by atoms with Crippen molar-refractivity contribution in [2.75, 3.05) is 10.6 Å². The Hall–Kier alpha value is -2.71. The van der Waals surface area contributed by atoms with Crippen molar-refractivity contribution in [3.05, 3.63) is 65.0 Å². The Balaban J connectivity index is 1.73. The first-order chi connectivity index (χ1) is 13.6. The van der Waals surface area contributed by atoms with Crippen LogP contribution in [0.3, 0.4) is 0 Å². The molecule has 0 bridgehead atoms. The molecule has 3 N–H and O–H groups in total. The number of amides is 1. The van der Waals surface area contributed by atoms with E-state index in [1.165, 1.54) is 17.8 Å². The molecule has 1 amide bonds. The number of carbonyl (C=O) groups is 1. The molecule has 3 aromatic rings. The smallest absolute Gasteiger partial charge is 0.253 e. The molecule has 28 heavy (non-hydrogen) atoms. The van der Waals surface area contributed by atoms with Crippen molar-refractivity contribution in [1.82, 2.24) is 9.97 Å². The van der Waals surface area contributed by atoms with Gasteiger partial charge in [0.15, 0.2) is 5.16 Å². The van der Waals surface area contributed by atoms with Gasteiger partial charge in [-0.25, -0.2) is 4.98 Å². The van der Waals surface area contributed by atoms with Crippen molar-refractivity contribution in [3.8, 4) is 0 Å². The number of aromatic nitrogens is 2. The lowest BCUT2D eigenvalue weighted by molar-refractivity contribution is -0.117. The second-order valence-electron chi connectivity index (χ2n) is 6.20. The molecular weight excluding hydrogens is 392 g/mol. The molecule has 0 aliphatic carbocycles. The van der Waals surface area contributed by atoms with Crippen LogP contribution in [0.15, 0.2) is 74.3 Å². The minimum Gasteiger partial charge on any atom is -0.383 e. The number of para-hydroxylation sites is 2. The second kappa shape index (κ2) is 7.73. The van der Waals surface area contributed by atoms with Gasteiger partial charge in [-0.15, -0.1) is 0 Å². The van der Waals surface area contributed by atoms with E-state index in [-0.39, 0.29) is 17.3 Å². The summed E-state index contributed by atoms with van der Waals surface area (Å²) >= 11 is 2.88. The van der Waals surface area contributed by atoms with Crippen molar-refractivity contribution in [1.29, 1.82) is 0 Å². The highest BCUT2D eigenvalue weighted by Gasteiger charge is 2.32. The topological polar surface area (TPSA) is 92.1 Å². The number of H-pyrrole nitrogens is 1. The molecule has 2 aromatic carbocycles. The number of carbonyl (C=O) groups excluding carboxylic acids is 1. The Morgan fingerprint density at radius 1 is 1.18 bits per heavy atom. The number of aromatic amines is 1. The Bertz CT molecular complexity index is 1050. The molecular formula is C20H18N4O2S2. The van der Waals surface area contributed by atoms with Gasteiger partial charge in [0.25, 0.3) is 5.56 Å². The summed E-state index contributed by atoms with van der Waals surface area (Å²) in [6, 6.07) is 17.0. The van der Waals surface area contributed by atoms with E-state index in [1.807, 2.05) is 55.5 Å². The van der Waals surface area contributed by atoms with E-state index >= 15 is 0 Å². The predicted octanol–water partition coefficient (Wildman–Crippen LogP) is 4.05. The van der Waals surface area contributed by atoms with E-state index in [9.17, 15) is 9.59 Å². The number of hydrogen-bond acceptors (Lipinski definition) is 6. The Labute approximate surface area is 170 Å². The molecule has 0 fully saturated rings. The molecule has 0 saturated heterocycles. The maximum absolute atomic E-state index is 13.6. The van der Waals surface area contributed by atoms with Crippen molar-refractivity contribution < 1.29 is 4.79 Å². The Morgan fingerprint density at radius 2 is 1.79 bits per heavy atom. The number of nitrogens with zero attached hydrogens (tertiary/aromatic N) is 2. The van der Waals surface area contributed by atoms with Crippen LogP contribution < -0.4 is 16.2 Å². The summed E-state index contributed by atoms with van der Waals surface area (Å²) < 4.78 is 0. The minimum atomic E-state index is -0.422. The number of nitrogen functional groups attached to an aromatic ring is 1. The lowest BCUT2D eigenvalue weighted by atomic mass is 10.2. The largest absolute Gasteiger partial charge is 0.383 e. The van der Waals surface area contributed by atoms with Crippen LogP contribution in [0.2, 0.25) is 0 Å². The summed E-state index contributed by atoms with van der Waals surface area (Å²) in [4.78, 5) is 35.9. The number of fused-ring (bicyclic) bond motifs is 2. The van der Waals surface area contributed by atoms with Crippen molar-refractivity contribution in [2.45, 2.75) is 33.5 Å². The molecule has 0 spiro atoms. The fourth-order valence-corrected chi connectivity index (χ4v) is 5.06. The van der Waals surface area contributed by atoms with Gasteiger partial charge in [0, 0.05) is 15.9 Å². The summed E-state index contributed by atoms with van der Waals surface area (Å²) in [5.41, 5.74) is 7.08. The molecule has 1 unspecified atom stereocenters. The van der Waals surface area contributed by atoms with Gasteiger partial charge in [0.2, 0.25) is 5.91 Å². The van der Waals surface area contributed by atoms with E-state index in [0.717, 1.165) is 21.2 Å². The number of thioether (sulfide) groups is 1. The summed E-state index contributed by atoms with van der Waals surface area (Å²) in [5, 5.41) is -0.0766. The van der Waals surface area contributed by atoms with Gasteiger partial charge in [-0.1, -0.05) is 54.7 Å². The van der Waals surface area contributed by atoms with Crippen LogP contribution in [0.25, 0.3) is 0 Å². The minimum absolute atomic E-state index is 0.0576. The fraction of sp³-hybridized carbons (Fsp3) is 0.150. The fourth-order valence-electron chi connectivity index (χ4n) is 3.04. The molecule has 2 heterocycles. The van der Waals surface area contributed by atoms with Crippen molar-refractivity contribution >= 4 is 46.6 Å². The summed E-state index contributed by atoms with van der Waals surface area (Å²) in [7, 11) is 0. The molecule has 142 valence electrons. The normalized spacial score (nSPS) is 13.5. The van der Waals surface area contributed by atoms with Gasteiger partial charge < -0.3 is 10.7 Å². The van der Waals surface area contributed by atoms with Gasteiger partial charge in [-0.2, -0.15) is 0 Å². The van der Waals surface area contributed by atoms with E-state index in [0.29, 0.717) is 11.6 Å². The van der Waals surface area contributed by atoms with E-state index in [4.69, 9.17) is 5.73 Å². The van der Waals surface area contributed by atoms with Gasteiger partial charge >= 0.3 is 0 Å². The lowest BCUT2D eigenvalue weighted by Crippen LogP contribution is -2.35. The van der Waals surface area contributed by atoms with Crippen LogP contribution in [-0.2, 0) is 4.79 Å². The van der Waals surface area contributed by atoms with Crippen molar-refractivity contribution in [3.63, 3.8) is 0 Å². The van der Waals surface area contributed by atoms with Crippen LogP contribution >= 0.6 is 23.5 Å². The molecule has 6 nitrogen and oxygen atoms in total. The van der Waals surface area contributed by atoms with Gasteiger partial charge in [-0.3, -0.25) is 14.5 Å². The first-order valence-electron chi connectivity index (χ1n) is 8.80. The molecule has 1 aliphatic heterocycles. The molecule has 1 atom stereocenters. The highest BCUT2D eigenvalue weighted by atomic mass is 32.2. The van der Waals surface area contributed by atoms with Crippen LogP contribution in [0.4, 0.5) is 17.2 Å². The number of anilines is 3. The zero-order valence-electron chi connectivity index (χ0n) is 15.1. The number of rotatable bonds is 4. The summed E-state index contributed by atoms with van der Waals surface area (Å²) in [6.07, 6.45) is 0.579. The highest BCUT2D eigenvalue weighted by molar-refractivity contribution is 8.00. The van der Waals surface area contributed by atoms with Gasteiger partial charge in [0.05, 0.1) is 16.6 Å². The SMILES string of the molecule is CCC(Sc1nc(N)cc(=O)[nH]1)C(=O)N1c2ccccc2Sc2ccccc21. The molecule has 0 saturated carbocycles. The maximum Gasteiger partial charge on any atom is 0.253 e. The number of hydrogen-bond donors (Lipinski definition) is 2. The van der Waals surface area contributed by atoms with Crippen LogP contribution in [0.1, 0.15) is 13.3 Å². The third-order valence-corrected chi connectivity index (χ3v) is 6.66. The average Bonchev–Trinajstić information content (AvgIpc) is 2.69. The molecule has 1 aliphatic rings. The number of nitrogens with two attached hydrogens (primary N) is 1. The van der Waals surface area contributed by atoms with Crippen LogP contribution in [-0.4, -0.2) is 21.1 Å². The average molecular weight is 411 g/mol. The second-order valence-corrected chi connectivity index (χ2v) is 8.48. The van der Waals surface area contributed by atoms with Crippen LogP contribution in [0, 0.1) is 0 Å². The quantitative estimate of drug-likeness (QED) is 0.498. The first kappa shape index (κ1) is 18.6. The molecule has 8 heteroatoms. The highest BCUT2D eigenvalue weighted by Crippen LogP contribution is 2.48. The molecule has 1 aromatic heterocycles. The Morgan fingerprint density at radius 3 is 2.36 bits per heavy atom. The van der Waals surface area contributed by atoms with Gasteiger partial charge in [0.1, 0.15) is 5.82 Å². The standard InChI is InChI=1S/C20H18N4O2S2/c1-2-14(28-20-22-17(21)11-18(25)23-20)19(26)24-12-7-3-5-9-15(12)27-16-10-6-4-8-13(16)24/h3-11,14H,2H2,1H3,(H3,21,22,23,25). The van der Waals surface area contributed by atoms with E-state index in [1.54, 1.807) is 16.7 Å². The third-order valence-electron chi connectivity index (χ3n) is 4.29. The Kier molecular flexibility index (Phi) is 5.15. The summed E-state index contributed by atoms with van der Waals surface area (Å²) in [5.74, 6) is 0.0800. The van der Waals surface area contributed by atoms with Gasteiger partial charge in [-0.05, 0) is 30.7 Å². The zero-order chi connectivity index (χ0) is 19.7. The van der Waals surface area contributed by atoms with E-state index in [2.05, 4.69) is 9.97 Å². The molecule has 4 rings (SSSR count). The third kappa shape index (κ3) is 3.53.